The van der Waals surface area contributed by atoms with Crippen molar-refractivity contribution in [3.63, 3.8) is 0 Å². The highest BCUT2D eigenvalue weighted by Crippen LogP contribution is 2.18. The van der Waals surface area contributed by atoms with Crippen LogP contribution in [-0.2, 0) is 16.1 Å². The Morgan fingerprint density at radius 3 is 2.62 bits per heavy atom. The summed E-state index contributed by atoms with van der Waals surface area (Å²) in [6, 6.07) is 12.9. The molecule has 0 unspecified atom stereocenters. The van der Waals surface area contributed by atoms with E-state index in [1.54, 1.807) is 18.2 Å². The number of aryl methyl sites for hydroxylation is 2. The molecule has 0 saturated heterocycles. The lowest BCUT2D eigenvalue weighted by Crippen LogP contribution is -2.24. The summed E-state index contributed by atoms with van der Waals surface area (Å²) < 4.78 is 10.8. The zero-order valence-corrected chi connectivity index (χ0v) is 15.0. The van der Waals surface area contributed by atoms with Crippen LogP contribution in [0.3, 0.4) is 0 Å². The predicted octanol–water partition coefficient (Wildman–Crippen LogP) is 2.85. The Bertz CT molecular complexity index is 773. The number of rotatable bonds is 9. The number of benzene rings is 2. The van der Waals surface area contributed by atoms with Crippen LogP contribution in [-0.4, -0.2) is 30.2 Å². The number of hydrogen-bond acceptors (Lipinski definition) is 4. The molecule has 0 heterocycles. The van der Waals surface area contributed by atoms with E-state index in [4.69, 9.17) is 14.6 Å². The number of carbonyl (C=O) groups excluding carboxylic acids is 1. The molecule has 0 saturated carbocycles. The second kappa shape index (κ2) is 9.46. The summed E-state index contributed by atoms with van der Waals surface area (Å²) in [5, 5.41) is 11.4. The van der Waals surface area contributed by atoms with Gasteiger partial charge in [0.05, 0.1) is 13.0 Å². The molecule has 0 aliphatic rings. The molecule has 2 rings (SSSR count). The van der Waals surface area contributed by atoms with E-state index in [2.05, 4.69) is 5.32 Å². The highest BCUT2D eigenvalue weighted by molar-refractivity contribution is 5.76. The zero-order valence-electron chi connectivity index (χ0n) is 15.0. The van der Waals surface area contributed by atoms with Gasteiger partial charge in [0.15, 0.2) is 6.61 Å². The Hall–Kier alpha value is -3.02. The van der Waals surface area contributed by atoms with E-state index in [-0.39, 0.29) is 12.3 Å². The van der Waals surface area contributed by atoms with Gasteiger partial charge in [0.25, 0.3) is 0 Å². The van der Waals surface area contributed by atoms with E-state index in [0.717, 1.165) is 16.9 Å². The highest BCUT2D eigenvalue weighted by Gasteiger charge is 2.05. The first kappa shape index (κ1) is 19.3. The molecular formula is C20H23NO5. The first-order valence-corrected chi connectivity index (χ1v) is 8.34. The maximum atomic E-state index is 11.9. The minimum atomic E-state index is -1.03. The first-order valence-electron chi connectivity index (χ1n) is 8.34. The summed E-state index contributed by atoms with van der Waals surface area (Å²) in [6.45, 7) is 4.24. The van der Waals surface area contributed by atoms with E-state index in [9.17, 15) is 9.59 Å². The summed E-state index contributed by atoms with van der Waals surface area (Å²) >= 11 is 0. The molecule has 6 heteroatoms. The predicted molar refractivity (Wildman–Crippen MR) is 97.4 cm³/mol. The fourth-order valence-electron chi connectivity index (χ4n) is 2.39. The smallest absolute Gasteiger partial charge is 0.341 e. The Morgan fingerprint density at radius 1 is 1.08 bits per heavy atom. The molecule has 2 aromatic carbocycles. The van der Waals surface area contributed by atoms with Gasteiger partial charge >= 0.3 is 5.97 Å². The van der Waals surface area contributed by atoms with Gasteiger partial charge in [0.1, 0.15) is 11.5 Å². The third kappa shape index (κ3) is 6.47. The number of nitrogens with one attached hydrogen (secondary N) is 1. The Morgan fingerprint density at radius 2 is 1.88 bits per heavy atom. The number of carboxylic acid groups (broad SMARTS) is 1. The lowest BCUT2D eigenvalue weighted by atomic mass is 10.1. The number of aliphatic carboxylic acids is 1. The molecule has 0 radical (unpaired) electrons. The molecule has 138 valence electrons. The third-order valence-corrected chi connectivity index (χ3v) is 3.67. The van der Waals surface area contributed by atoms with Crippen molar-refractivity contribution in [2.24, 2.45) is 0 Å². The van der Waals surface area contributed by atoms with Gasteiger partial charge in [0.2, 0.25) is 5.91 Å². The van der Waals surface area contributed by atoms with E-state index < -0.39 is 12.6 Å². The Balaban J connectivity index is 1.74. The molecule has 2 aromatic rings. The average Bonchev–Trinajstić information content (AvgIpc) is 2.60. The maximum Gasteiger partial charge on any atom is 0.341 e. The Labute approximate surface area is 152 Å². The summed E-state index contributed by atoms with van der Waals surface area (Å²) in [5.74, 6) is 0.0863. The summed E-state index contributed by atoms with van der Waals surface area (Å²) in [6.07, 6.45) is 0.253. The summed E-state index contributed by atoms with van der Waals surface area (Å²) in [5.41, 5.74) is 3.04. The van der Waals surface area contributed by atoms with Gasteiger partial charge in [-0.25, -0.2) is 4.79 Å². The van der Waals surface area contributed by atoms with Crippen LogP contribution in [0, 0.1) is 13.8 Å². The molecular weight excluding hydrogens is 334 g/mol. The van der Waals surface area contributed by atoms with E-state index in [1.165, 1.54) is 5.56 Å². The summed E-state index contributed by atoms with van der Waals surface area (Å²) in [4.78, 5) is 22.5. The average molecular weight is 357 g/mol. The second-order valence-electron chi connectivity index (χ2n) is 5.97. The van der Waals surface area contributed by atoms with Crippen LogP contribution in [0.2, 0.25) is 0 Å². The topological polar surface area (TPSA) is 84.9 Å². The van der Waals surface area contributed by atoms with Crippen molar-refractivity contribution >= 4 is 11.9 Å². The molecule has 0 spiro atoms. The van der Waals surface area contributed by atoms with Gasteiger partial charge < -0.3 is 19.9 Å². The standard InChI is InChI=1S/C20H23NO5/c1-14-6-7-18(15(2)10-14)25-9-8-19(22)21-12-16-4-3-5-17(11-16)26-13-20(23)24/h3-7,10-11H,8-9,12-13H2,1-2H3,(H,21,22)(H,23,24). The van der Waals surface area contributed by atoms with Gasteiger partial charge in [0, 0.05) is 6.54 Å². The lowest BCUT2D eigenvalue weighted by Gasteiger charge is -2.10. The van der Waals surface area contributed by atoms with Crippen LogP contribution in [0.25, 0.3) is 0 Å². The van der Waals surface area contributed by atoms with Gasteiger partial charge in [-0.1, -0.05) is 29.8 Å². The molecule has 0 atom stereocenters. The number of ether oxygens (including phenoxy) is 2. The Kier molecular flexibility index (Phi) is 7.02. The van der Waals surface area contributed by atoms with Gasteiger partial charge in [-0.05, 0) is 43.2 Å². The van der Waals surface area contributed by atoms with Gasteiger partial charge in [-0.2, -0.15) is 0 Å². The normalized spacial score (nSPS) is 10.2. The van der Waals surface area contributed by atoms with E-state index in [0.29, 0.717) is 18.9 Å². The number of carbonyl (C=O) groups is 2. The van der Waals surface area contributed by atoms with Crippen molar-refractivity contribution < 1.29 is 24.2 Å². The third-order valence-electron chi connectivity index (χ3n) is 3.67. The van der Waals surface area contributed by atoms with Gasteiger partial charge in [-0.3, -0.25) is 4.79 Å². The van der Waals surface area contributed by atoms with E-state index >= 15 is 0 Å². The van der Waals surface area contributed by atoms with Crippen LogP contribution >= 0.6 is 0 Å². The molecule has 6 nitrogen and oxygen atoms in total. The number of amides is 1. The van der Waals surface area contributed by atoms with Gasteiger partial charge in [-0.15, -0.1) is 0 Å². The molecule has 0 aliphatic heterocycles. The first-order chi connectivity index (χ1) is 12.4. The van der Waals surface area contributed by atoms with E-state index in [1.807, 2.05) is 38.1 Å². The SMILES string of the molecule is Cc1ccc(OCCC(=O)NCc2cccc(OCC(=O)O)c2)c(C)c1. The fourth-order valence-corrected chi connectivity index (χ4v) is 2.39. The van der Waals surface area contributed by atoms with Crippen molar-refractivity contribution in [3.05, 3.63) is 59.2 Å². The monoisotopic (exact) mass is 357 g/mol. The minimum Gasteiger partial charge on any atom is -0.493 e. The van der Waals surface area contributed by atoms with Crippen molar-refractivity contribution in [2.75, 3.05) is 13.2 Å². The van der Waals surface area contributed by atoms with Crippen LogP contribution in [0.1, 0.15) is 23.1 Å². The molecule has 0 aliphatic carbocycles. The number of hydrogen-bond donors (Lipinski definition) is 2. The molecule has 0 fully saturated rings. The van der Waals surface area contributed by atoms with Crippen LogP contribution in [0.5, 0.6) is 11.5 Å². The van der Waals surface area contributed by atoms with Crippen molar-refractivity contribution in [2.45, 2.75) is 26.8 Å². The maximum absolute atomic E-state index is 11.9. The largest absolute Gasteiger partial charge is 0.493 e. The van der Waals surface area contributed by atoms with Crippen molar-refractivity contribution in [3.8, 4) is 11.5 Å². The highest BCUT2D eigenvalue weighted by atomic mass is 16.5. The number of carboxylic acids is 1. The van der Waals surface area contributed by atoms with Crippen LogP contribution in [0.15, 0.2) is 42.5 Å². The molecule has 0 bridgehead atoms. The minimum absolute atomic E-state index is 0.119. The van der Waals surface area contributed by atoms with Crippen molar-refractivity contribution in [1.29, 1.82) is 0 Å². The van der Waals surface area contributed by atoms with Crippen LogP contribution in [0.4, 0.5) is 0 Å². The fraction of sp³-hybridized carbons (Fsp3) is 0.300. The molecule has 2 N–H and O–H groups in total. The zero-order chi connectivity index (χ0) is 18.9. The van der Waals surface area contributed by atoms with Crippen LogP contribution < -0.4 is 14.8 Å². The van der Waals surface area contributed by atoms with Crippen molar-refractivity contribution in [1.82, 2.24) is 5.32 Å². The molecule has 1 amide bonds. The molecule has 26 heavy (non-hydrogen) atoms. The quantitative estimate of drug-likeness (QED) is 0.721. The lowest BCUT2D eigenvalue weighted by molar-refractivity contribution is -0.139. The molecule has 0 aromatic heterocycles. The second-order valence-corrected chi connectivity index (χ2v) is 5.97. The summed E-state index contributed by atoms with van der Waals surface area (Å²) in [7, 11) is 0.